The number of aromatic nitrogens is 3. The Morgan fingerprint density at radius 2 is 2.00 bits per heavy atom. The highest BCUT2D eigenvalue weighted by molar-refractivity contribution is 5.83. The van der Waals surface area contributed by atoms with Gasteiger partial charge in [-0.3, -0.25) is 0 Å². The molecule has 0 fully saturated rings. The molecule has 114 valence electrons. The number of para-hydroxylation sites is 1. The summed E-state index contributed by atoms with van der Waals surface area (Å²) in [4.78, 5) is 16.5. The van der Waals surface area contributed by atoms with Crippen molar-refractivity contribution in [2.45, 2.75) is 6.54 Å². The fourth-order valence-electron chi connectivity index (χ4n) is 2.76. The topological polar surface area (TPSA) is 49.1 Å². The van der Waals surface area contributed by atoms with E-state index >= 15 is 0 Å². The van der Waals surface area contributed by atoms with Crippen LogP contribution in [0.3, 0.4) is 0 Å². The number of nitrogens with zero attached hydrogens (tertiary/aromatic N) is 3. The lowest BCUT2D eigenvalue weighted by Gasteiger charge is -2.07. The predicted molar refractivity (Wildman–Crippen MR) is 88.3 cm³/mol. The average molecular weight is 305 g/mol. The summed E-state index contributed by atoms with van der Waals surface area (Å²) in [7, 11) is 1.93. The van der Waals surface area contributed by atoms with E-state index in [9.17, 15) is 4.79 Å². The van der Waals surface area contributed by atoms with Crippen LogP contribution in [0.15, 0.2) is 61.1 Å². The number of hydrogen-bond acceptors (Lipinski definition) is 3. The van der Waals surface area contributed by atoms with E-state index in [1.165, 1.54) is 0 Å². The minimum atomic E-state index is -0.304. The third kappa shape index (κ3) is 2.46. The first-order valence-electron chi connectivity index (χ1n) is 7.36. The molecule has 4 rings (SSSR count). The molecule has 23 heavy (non-hydrogen) atoms. The van der Waals surface area contributed by atoms with Crippen LogP contribution in [0.5, 0.6) is 5.75 Å². The molecule has 0 aliphatic heterocycles. The van der Waals surface area contributed by atoms with E-state index in [0.717, 1.165) is 21.9 Å². The summed E-state index contributed by atoms with van der Waals surface area (Å²) in [6, 6.07) is 15.4. The second-order valence-corrected chi connectivity index (χ2v) is 5.48. The van der Waals surface area contributed by atoms with Crippen LogP contribution >= 0.6 is 0 Å². The molecule has 0 spiro atoms. The standard InChI is InChI=1S/C18H15N3O2/c1-20-12-19-15-10-14(6-7-17(15)20)23-18(22)11-21-9-8-13-4-2-3-5-16(13)21/h2-10,12H,11H2,1H3. The van der Waals surface area contributed by atoms with Crippen molar-refractivity contribution in [2.75, 3.05) is 0 Å². The van der Waals surface area contributed by atoms with Crippen LogP contribution in [-0.2, 0) is 18.4 Å². The molecule has 0 bridgehead atoms. The van der Waals surface area contributed by atoms with Gasteiger partial charge in [0.25, 0.3) is 0 Å². The van der Waals surface area contributed by atoms with Crippen molar-refractivity contribution < 1.29 is 9.53 Å². The molecule has 0 saturated heterocycles. The number of carbonyl (C=O) groups is 1. The van der Waals surface area contributed by atoms with Crippen molar-refractivity contribution in [3.8, 4) is 5.75 Å². The van der Waals surface area contributed by atoms with E-state index in [0.29, 0.717) is 5.75 Å². The van der Waals surface area contributed by atoms with E-state index in [2.05, 4.69) is 4.98 Å². The molecule has 5 heteroatoms. The van der Waals surface area contributed by atoms with Gasteiger partial charge in [0.1, 0.15) is 12.3 Å². The Morgan fingerprint density at radius 3 is 2.91 bits per heavy atom. The Hall–Kier alpha value is -3.08. The van der Waals surface area contributed by atoms with Crippen LogP contribution in [0.2, 0.25) is 0 Å². The maximum Gasteiger partial charge on any atom is 0.331 e. The quantitative estimate of drug-likeness (QED) is 0.431. The first-order chi connectivity index (χ1) is 11.2. The van der Waals surface area contributed by atoms with Gasteiger partial charge in [0.15, 0.2) is 0 Å². The number of ether oxygens (including phenoxy) is 1. The number of benzene rings is 2. The molecular weight excluding hydrogens is 290 g/mol. The van der Waals surface area contributed by atoms with Crippen molar-refractivity contribution in [2.24, 2.45) is 7.05 Å². The lowest BCUT2D eigenvalue weighted by molar-refractivity contribution is -0.134. The lowest BCUT2D eigenvalue weighted by Crippen LogP contribution is -2.15. The number of fused-ring (bicyclic) bond motifs is 2. The monoisotopic (exact) mass is 305 g/mol. The maximum absolute atomic E-state index is 12.2. The molecule has 0 radical (unpaired) electrons. The maximum atomic E-state index is 12.2. The first-order valence-corrected chi connectivity index (χ1v) is 7.36. The van der Waals surface area contributed by atoms with Crippen LogP contribution in [0.1, 0.15) is 0 Å². The van der Waals surface area contributed by atoms with Gasteiger partial charge in [-0.1, -0.05) is 18.2 Å². The molecule has 2 heterocycles. The van der Waals surface area contributed by atoms with Gasteiger partial charge in [-0.15, -0.1) is 0 Å². The summed E-state index contributed by atoms with van der Waals surface area (Å²) in [6.45, 7) is 0.174. The van der Waals surface area contributed by atoms with Gasteiger partial charge in [0.2, 0.25) is 0 Å². The van der Waals surface area contributed by atoms with Gasteiger partial charge < -0.3 is 13.9 Å². The lowest BCUT2D eigenvalue weighted by atomic mass is 10.2. The van der Waals surface area contributed by atoms with Crippen molar-refractivity contribution in [1.82, 2.24) is 14.1 Å². The minimum absolute atomic E-state index is 0.174. The second-order valence-electron chi connectivity index (χ2n) is 5.48. The van der Waals surface area contributed by atoms with E-state index in [1.54, 1.807) is 18.5 Å². The Kier molecular flexibility index (Phi) is 3.12. The molecule has 0 atom stereocenters. The van der Waals surface area contributed by atoms with Crippen LogP contribution in [0.25, 0.3) is 21.9 Å². The molecule has 0 aliphatic rings. The highest BCUT2D eigenvalue weighted by Gasteiger charge is 2.09. The molecule has 4 aromatic rings. The van der Waals surface area contributed by atoms with Crippen molar-refractivity contribution >= 4 is 27.9 Å². The normalized spacial score (nSPS) is 11.2. The van der Waals surface area contributed by atoms with Crippen molar-refractivity contribution in [3.05, 3.63) is 61.1 Å². The van der Waals surface area contributed by atoms with Gasteiger partial charge in [0, 0.05) is 24.8 Å². The van der Waals surface area contributed by atoms with E-state index in [-0.39, 0.29) is 12.5 Å². The fraction of sp³-hybridized carbons (Fsp3) is 0.111. The van der Waals surface area contributed by atoms with Gasteiger partial charge >= 0.3 is 5.97 Å². The van der Waals surface area contributed by atoms with Gasteiger partial charge in [0.05, 0.1) is 17.4 Å². The second kappa shape index (κ2) is 5.28. The SMILES string of the molecule is Cn1cnc2cc(OC(=O)Cn3ccc4ccccc43)ccc21. The third-order valence-corrected chi connectivity index (χ3v) is 3.91. The summed E-state index contributed by atoms with van der Waals surface area (Å²) < 4.78 is 9.25. The van der Waals surface area contributed by atoms with E-state index in [4.69, 9.17) is 4.74 Å². The van der Waals surface area contributed by atoms with Gasteiger partial charge in [-0.2, -0.15) is 0 Å². The summed E-state index contributed by atoms with van der Waals surface area (Å²) in [5.74, 6) is 0.208. The minimum Gasteiger partial charge on any atom is -0.425 e. The van der Waals surface area contributed by atoms with Gasteiger partial charge in [-0.05, 0) is 29.7 Å². The number of hydrogen-bond donors (Lipinski definition) is 0. The van der Waals surface area contributed by atoms with Crippen molar-refractivity contribution in [1.29, 1.82) is 0 Å². The van der Waals surface area contributed by atoms with Crippen LogP contribution in [0, 0.1) is 0 Å². The number of imidazole rings is 1. The highest BCUT2D eigenvalue weighted by atomic mass is 16.5. The molecular formula is C18H15N3O2. The zero-order valence-corrected chi connectivity index (χ0v) is 12.6. The summed E-state index contributed by atoms with van der Waals surface area (Å²) >= 11 is 0. The average Bonchev–Trinajstić information content (AvgIpc) is 3.12. The number of esters is 1. The molecule has 2 aromatic carbocycles. The molecule has 0 unspecified atom stereocenters. The number of rotatable bonds is 3. The van der Waals surface area contributed by atoms with Crippen LogP contribution < -0.4 is 4.74 Å². The molecule has 0 saturated carbocycles. The van der Waals surface area contributed by atoms with E-state index in [1.807, 2.05) is 58.8 Å². The first kappa shape index (κ1) is 13.6. The predicted octanol–water partition coefficient (Wildman–Crippen LogP) is 3.13. The van der Waals surface area contributed by atoms with Gasteiger partial charge in [-0.25, -0.2) is 9.78 Å². The van der Waals surface area contributed by atoms with Crippen LogP contribution in [0.4, 0.5) is 0 Å². The Balaban J connectivity index is 1.54. The van der Waals surface area contributed by atoms with Crippen LogP contribution in [-0.4, -0.2) is 20.1 Å². The van der Waals surface area contributed by atoms with Crippen molar-refractivity contribution in [3.63, 3.8) is 0 Å². The molecule has 2 aromatic heterocycles. The molecule has 5 nitrogen and oxygen atoms in total. The molecule has 0 aliphatic carbocycles. The third-order valence-electron chi connectivity index (χ3n) is 3.91. The molecule has 0 N–H and O–H groups in total. The highest BCUT2D eigenvalue weighted by Crippen LogP contribution is 2.20. The summed E-state index contributed by atoms with van der Waals surface area (Å²) in [6.07, 6.45) is 3.64. The number of aryl methyl sites for hydroxylation is 1. The zero-order chi connectivity index (χ0) is 15.8. The smallest absolute Gasteiger partial charge is 0.331 e. The zero-order valence-electron chi connectivity index (χ0n) is 12.6. The largest absolute Gasteiger partial charge is 0.425 e. The van der Waals surface area contributed by atoms with E-state index < -0.39 is 0 Å². The Morgan fingerprint density at radius 1 is 1.13 bits per heavy atom. The fourth-order valence-corrected chi connectivity index (χ4v) is 2.76. The summed E-state index contributed by atoms with van der Waals surface area (Å²) in [5, 5.41) is 1.11. The Bertz CT molecular complexity index is 1010. The Labute approximate surface area is 132 Å². The number of carbonyl (C=O) groups excluding carboxylic acids is 1. The summed E-state index contributed by atoms with van der Waals surface area (Å²) in [5.41, 5.74) is 2.83. The molecule has 0 amide bonds.